The lowest BCUT2D eigenvalue weighted by Crippen LogP contribution is -2.50. The molecule has 0 aromatic heterocycles. The van der Waals surface area contributed by atoms with Gasteiger partial charge in [-0.25, -0.2) is 4.79 Å². The fourth-order valence-corrected chi connectivity index (χ4v) is 3.17. The van der Waals surface area contributed by atoms with Crippen molar-refractivity contribution < 1.29 is 14.3 Å². The summed E-state index contributed by atoms with van der Waals surface area (Å²) in [5, 5.41) is 0. The molecule has 3 rings (SSSR count). The molecule has 23 heavy (non-hydrogen) atoms. The fraction of sp³-hybridized carbons (Fsp3) is 0.632. The van der Waals surface area contributed by atoms with Gasteiger partial charge < -0.3 is 14.4 Å². The maximum atomic E-state index is 12.0. The van der Waals surface area contributed by atoms with Gasteiger partial charge >= 0.3 is 6.09 Å². The predicted octanol–water partition coefficient (Wildman–Crippen LogP) is 4.08. The maximum Gasteiger partial charge on any atom is 0.410 e. The SMILES string of the molecule is CC(C)(C)OC(=O)N1CC(c2ccc3c(c2)C(C)(C)CCO3)C1. The highest BCUT2D eigenvalue weighted by Crippen LogP contribution is 2.40. The quantitative estimate of drug-likeness (QED) is 0.783. The lowest BCUT2D eigenvalue weighted by Gasteiger charge is -2.41. The van der Waals surface area contributed by atoms with Gasteiger partial charge in [0.2, 0.25) is 0 Å². The first-order valence-electron chi connectivity index (χ1n) is 8.41. The third-order valence-corrected chi connectivity index (χ3v) is 4.72. The Kier molecular flexibility index (Phi) is 3.81. The van der Waals surface area contributed by atoms with E-state index < -0.39 is 5.60 Å². The molecule has 1 saturated heterocycles. The molecule has 0 spiro atoms. The number of carbonyl (C=O) groups excluding carboxylic acids is 1. The molecule has 0 radical (unpaired) electrons. The van der Waals surface area contributed by atoms with Gasteiger partial charge in [0.1, 0.15) is 11.4 Å². The van der Waals surface area contributed by atoms with Crippen LogP contribution in [-0.2, 0) is 10.2 Å². The van der Waals surface area contributed by atoms with E-state index in [4.69, 9.17) is 9.47 Å². The Morgan fingerprint density at radius 3 is 2.65 bits per heavy atom. The van der Waals surface area contributed by atoms with E-state index in [2.05, 4.69) is 32.0 Å². The molecule has 0 bridgehead atoms. The van der Waals surface area contributed by atoms with Crippen LogP contribution in [0.15, 0.2) is 18.2 Å². The van der Waals surface area contributed by atoms with Crippen LogP contribution in [0, 0.1) is 0 Å². The lowest BCUT2D eigenvalue weighted by atomic mass is 9.77. The molecule has 2 heterocycles. The summed E-state index contributed by atoms with van der Waals surface area (Å²) in [5.74, 6) is 1.40. The third-order valence-electron chi connectivity index (χ3n) is 4.72. The number of amides is 1. The highest BCUT2D eigenvalue weighted by Gasteiger charge is 2.36. The van der Waals surface area contributed by atoms with Gasteiger partial charge in [-0.1, -0.05) is 26.0 Å². The average Bonchev–Trinajstić information content (AvgIpc) is 2.35. The Hall–Kier alpha value is -1.71. The lowest BCUT2D eigenvalue weighted by molar-refractivity contribution is 0.00816. The van der Waals surface area contributed by atoms with Crippen molar-refractivity contribution in [3.63, 3.8) is 0 Å². The normalized spacial score (nSPS) is 20.3. The number of nitrogens with zero attached hydrogens (tertiary/aromatic N) is 1. The summed E-state index contributed by atoms with van der Waals surface area (Å²) >= 11 is 0. The van der Waals surface area contributed by atoms with Crippen LogP contribution in [0.1, 0.15) is 58.1 Å². The molecule has 0 N–H and O–H groups in total. The molecule has 1 aromatic rings. The minimum absolute atomic E-state index is 0.151. The Morgan fingerprint density at radius 2 is 2.00 bits per heavy atom. The molecule has 2 aliphatic rings. The second-order valence-electron chi connectivity index (χ2n) is 8.32. The van der Waals surface area contributed by atoms with Crippen LogP contribution in [0.5, 0.6) is 5.75 Å². The van der Waals surface area contributed by atoms with Crippen molar-refractivity contribution in [1.82, 2.24) is 4.90 Å². The van der Waals surface area contributed by atoms with Crippen LogP contribution in [-0.4, -0.2) is 36.3 Å². The maximum absolute atomic E-state index is 12.0. The van der Waals surface area contributed by atoms with Crippen LogP contribution in [0.2, 0.25) is 0 Å². The van der Waals surface area contributed by atoms with Gasteiger partial charge in [-0.15, -0.1) is 0 Å². The largest absolute Gasteiger partial charge is 0.493 e. The number of hydrogen-bond acceptors (Lipinski definition) is 3. The molecular weight excluding hydrogens is 290 g/mol. The predicted molar refractivity (Wildman–Crippen MR) is 90.1 cm³/mol. The fourth-order valence-electron chi connectivity index (χ4n) is 3.17. The standard InChI is InChI=1S/C19H27NO3/c1-18(2,3)23-17(21)20-11-14(12-20)13-6-7-16-15(10-13)19(4,5)8-9-22-16/h6-7,10,14H,8-9,11-12H2,1-5H3. The number of rotatable bonds is 1. The summed E-state index contributed by atoms with van der Waals surface area (Å²) in [6.45, 7) is 12.5. The van der Waals surface area contributed by atoms with Crippen LogP contribution < -0.4 is 4.74 Å². The van der Waals surface area contributed by atoms with E-state index in [1.165, 1.54) is 11.1 Å². The molecule has 0 unspecified atom stereocenters. The van der Waals surface area contributed by atoms with Gasteiger partial charge in [-0.3, -0.25) is 0 Å². The second-order valence-corrected chi connectivity index (χ2v) is 8.32. The summed E-state index contributed by atoms with van der Waals surface area (Å²) in [5.41, 5.74) is 2.30. The van der Waals surface area contributed by atoms with Gasteiger partial charge in [0.25, 0.3) is 0 Å². The first-order valence-corrected chi connectivity index (χ1v) is 8.41. The van der Waals surface area contributed by atoms with Crippen molar-refractivity contribution in [3.8, 4) is 5.75 Å². The Morgan fingerprint density at radius 1 is 1.30 bits per heavy atom. The van der Waals surface area contributed by atoms with Crippen molar-refractivity contribution in [1.29, 1.82) is 0 Å². The van der Waals surface area contributed by atoms with Gasteiger partial charge in [-0.05, 0) is 44.2 Å². The van der Waals surface area contributed by atoms with Gasteiger partial charge in [0.05, 0.1) is 6.61 Å². The Balaban J connectivity index is 1.68. The van der Waals surface area contributed by atoms with Crippen molar-refractivity contribution in [2.45, 2.75) is 58.0 Å². The first kappa shape index (κ1) is 16.2. The molecule has 126 valence electrons. The third kappa shape index (κ3) is 3.31. The molecule has 0 aliphatic carbocycles. The van der Waals surface area contributed by atoms with E-state index >= 15 is 0 Å². The monoisotopic (exact) mass is 317 g/mol. The van der Waals surface area contributed by atoms with Crippen molar-refractivity contribution in [2.24, 2.45) is 0 Å². The number of ether oxygens (including phenoxy) is 2. The molecular formula is C19H27NO3. The average molecular weight is 317 g/mol. The summed E-state index contributed by atoms with van der Waals surface area (Å²) in [7, 11) is 0. The van der Waals surface area contributed by atoms with E-state index in [0.717, 1.165) is 31.9 Å². The van der Waals surface area contributed by atoms with Crippen LogP contribution in [0.25, 0.3) is 0 Å². The van der Waals surface area contributed by atoms with Crippen molar-refractivity contribution >= 4 is 6.09 Å². The zero-order valence-electron chi connectivity index (χ0n) is 14.8. The highest BCUT2D eigenvalue weighted by atomic mass is 16.6. The van der Waals surface area contributed by atoms with E-state index in [1.807, 2.05) is 20.8 Å². The molecule has 1 amide bonds. The van der Waals surface area contributed by atoms with Crippen molar-refractivity contribution in [2.75, 3.05) is 19.7 Å². The number of benzene rings is 1. The number of fused-ring (bicyclic) bond motifs is 1. The summed E-state index contributed by atoms with van der Waals surface area (Å²) in [4.78, 5) is 13.8. The number of carbonyl (C=O) groups is 1. The minimum Gasteiger partial charge on any atom is -0.493 e. The summed E-state index contributed by atoms with van der Waals surface area (Å²) < 4.78 is 11.2. The van der Waals surface area contributed by atoms with Gasteiger partial charge in [0.15, 0.2) is 0 Å². The first-order chi connectivity index (χ1) is 10.7. The van der Waals surface area contributed by atoms with E-state index in [0.29, 0.717) is 5.92 Å². The van der Waals surface area contributed by atoms with Gasteiger partial charge in [0, 0.05) is 24.6 Å². The molecule has 0 atom stereocenters. The van der Waals surface area contributed by atoms with E-state index in [9.17, 15) is 4.79 Å². The molecule has 1 aromatic carbocycles. The minimum atomic E-state index is -0.435. The summed E-state index contributed by atoms with van der Waals surface area (Å²) in [6.07, 6.45) is 0.827. The van der Waals surface area contributed by atoms with Gasteiger partial charge in [-0.2, -0.15) is 0 Å². The van der Waals surface area contributed by atoms with Crippen LogP contribution >= 0.6 is 0 Å². The topological polar surface area (TPSA) is 38.8 Å². The van der Waals surface area contributed by atoms with E-state index in [-0.39, 0.29) is 11.5 Å². The Bertz CT molecular complexity index is 610. The van der Waals surface area contributed by atoms with Crippen molar-refractivity contribution in [3.05, 3.63) is 29.3 Å². The zero-order valence-corrected chi connectivity index (χ0v) is 14.8. The molecule has 2 aliphatic heterocycles. The zero-order chi connectivity index (χ0) is 16.8. The Labute approximate surface area is 138 Å². The molecule has 0 saturated carbocycles. The molecule has 1 fully saturated rings. The summed E-state index contributed by atoms with van der Waals surface area (Å²) in [6, 6.07) is 6.49. The molecule has 4 nitrogen and oxygen atoms in total. The van der Waals surface area contributed by atoms with Crippen LogP contribution in [0.3, 0.4) is 0 Å². The number of hydrogen-bond donors (Lipinski definition) is 0. The highest BCUT2D eigenvalue weighted by molar-refractivity contribution is 5.69. The smallest absolute Gasteiger partial charge is 0.410 e. The second kappa shape index (κ2) is 5.43. The molecule has 4 heteroatoms. The van der Waals surface area contributed by atoms with E-state index in [1.54, 1.807) is 4.90 Å². The van der Waals surface area contributed by atoms with Crippen LogP contribution in [0.4, 0.5) is 4.79 Å². The number of likely N-dealkylation sites (tertiary alicyclic amines) is 1.